The van der Waals surface area contributed by atoms with E-state index in [4.69, 9.17) is 0 Å². The van der Waals surface area contributed by atoms with Gasteiger partial charge in [-0.3, -0.25) is 0 Å². The van der Waals surface area contributed by atoms with E-state index in [1.807, 2.05) is 10.6 Å². The number of hydrogen-bond acceptors (Lipinski definition) is 2. The Bertz CT molecular complexity index is 1000. The molecule has 2 aliphatic carbocycles. The van der Waals surface area contributed by atoms with Gasteiger partial charge in [-0.25, -0.2) is 13.8 Å². The highest BCUT2D eigenvalue weighted by atomic mass is 19.1. The monoisotopic (exact) mass is 382 g/mol. The number of aliphatic hydroxyl groups excluding tert-OH is 1. The van der Waals surface area contributed by atoms with E-state index in [1.54, 1.807) is 12.4 Å². The molecule has 2 saturated carbocycles. The summed E-state index contributed by atoms with van der Waals surface area (Å²) in [5, 5.41) is 11.3. The van der Waals surface area contributed by atoms with Crippen LogP contribution in [0, 0.1) is 17.6 Å². The second kappa shape index (κ2) is 6.96. The lowest BCUT2D eigenvalue weighted by Crippen LogP contribution is -2.22. The number of aliphatic hydroxyl groups is 1. The molecule has 0 amide bonds. The Hall–Kier alpha value is -2.27. The van der Waals surface area contributed by atoms with Crippen molar-refractivity contribution in [3.05, 3.63) is 71.3 Å². The zero-order valence-corrected chi connectivity index (χ0v) is 15.7. The van der Waals surface area contributed by atoms with Crippen LogP contribution in [0.5, 0.6) is 0 Å². The van der Waals surface area contributed by atoms with Gasteiger partial charge < -0.3 is 9.51 Å². The van der Waals surface area contributed by atoms with E-state index in [9.17, 15) is 13.9 Å². The number of benzene rings is 1. The summed E-state index contributed by atoms with van der Waals surface area (Å²) in [6, 6.07) is 8.10. The van der Waals surface area contributed by atoms with Crippen LogP contribution >= 0.6 is 0 Å². The summed E-state index contributed by atoms with van der Waals surface area (Å²) in [5.41, 5.74) is 3.82. The molecule has 2 aliphatic rings. The number of hydrogen-bond donors (Lipinski definition) is 1. The van der Waals surface area contributed by atoms with Crippen LogP contribution in [0.2, 0.25) is 0 Å². The standard InChI is InChI=1S/C23H24F2N2O/c24-17-7-9-19(21(25)11-17)14-3-5-16(6-4-14)23(28)22-20(15-1-2-15)10-8-18-12-26-13-27(18)22/h7-16,23,28H,1-6H2/t14-,16-,23-/m1/s1. The first kappa shape index (κ1) is 17.8. The second-order valence-electron chi connectivity index (χ2n) is 8.36. The van der Waals surface area contributed by atoms with Crippen molar-refractivity contribution >= 4 is 5.52 Å². The highest BCUT2D eigenvalue weighted by Gasteiger charge is 2.34. The maximum Gasteiger partial charge on any atom is 0.129 e. The first-order valence-corrected chi connectivity index (χ1v) is 10.2. The fraction of sp³-hybridized carbons (Fsp3) is 0.435. The molecule has 2 aromatic heterocycles. The molecule has 2 fully saturated rings. The smallest absolute Gasteiger partial charge is 0.129 e. The summed E-state index contributed by atoms with van der Waals surface area (Å²) < 4.78 is 29.4. The number of imidazole rings is 1. The second-order valence-corrected chi connectivity index (χ2v) is 8.36. The van der Waals surface area contributed by atoms with Gasteiger partial charge in [0.05, 0.1) is 29.8 Å². The topological polar surface area (TPSA) is 37.5 Å². The number of rotatable bonds is 4. The molecule has 0 unspecified atom stereocenters. The van der Waals surface area contributed by atoms with Gasteiger partial charge in [0.1, 0.15) is 11.6 Å². The third-order valence-electron chi connectivity index (χ3n) is 6.57. The van der Waals surface area contributed by atoms with E-state index in [-0.39, 0.29) is 11.8 Å². The highest BCUT2D eigenvalue weighted by molar-refractivity contribution is 5.50. The summed E-state index contributed by atoms with van der Waals surface area (Å²) in [5.74, 6) is -0.211. The molecule has 0 saturated heterocycles. The average molecular weight is 382 g/mol. The largest absolute Gasteiger partial charge is 0.387 e. The van der Waals surface area contributed by atoms with Crippen LogP contribution in [0.1, 0.15) is 73.3 Å². The normalized spacial score (nSPS) is 23.8. The quantitative estimate of drug-likeness (QED) is 0.647. The van der Waals surface area contributed by atoms with Crippen molar-refractivity contribution in [3.8, 4) is 0 Å². The summed E-state index contributed by atoms with van der Waals surface area (Å²) in [6.07, 6.45) is 8.70. The lowest BCUT2D eigenvalue weighted by atomic mass is 9.75. The van der Waals surface area contributed by atoms with Gasteiger partial charge >= 0.3 is 0 Å². The van der Waals surface area contributed by atoms with Crippen molar-refractivity contribution in [1.29, 1.82) is 0 Å². The van der Waals surface area contributed by atoms with Crippen molar-refractivity contribution in [2.75, 3.05) is 0 Å². The van der Waals surface area contributed by atoms with Crippen LogP contribution < -0.4 is 0 Å². The molecule has 1 atom stereocenters. The van der Waals surface area contributed by atoms with E-state index >= 15 is 0 Å². The molecule has 0 spiro atoms. The predicted molar refractivity (Wildman–Crippen MR) is 103 cm³/mol. The number of aromatic nitrogens is 2. The van der Waals surface area contributed by atoms with Gasteiger partial charge in [0, 0.05) is 6.07 Å². The van der Waals surface area contributed by atoms with Gasteiger partial charge in [-0.2, -0.15) is 0 Å². The van der Waals surface area contributed by atoms with Crippen molar-refractivity contribution in [3.63, 3.8) is 0 Å². The van der Waals surface area contributed by atoms with E-state index in [1.165, 1.54) is 24.5 Å². The van der Waals surface area contributed by atoms with Gasteiger partial charge in [-0.1, -0.05) is 12.1 Å². The maximum absolute atomic E-state index is 14.1. The van der Waals surface area contributed by atoms with Crippen molar-refractivity contribution < 1.29 is 13.9 Å². The fourth-order valence-corrected chi connectivity index (χ4v) is 4.88. The number of pyridine rings is 1. The zero-order chi connectivity index (χ0) is 19.3. The first-order valence-electron chi connectivity index (χ1n) is 10.2. The van der Waals surface area contributed by atoms with Crippen LogP contribution in [-0.4, -0.2) is 14.5 Å². The molecule has 1 aromatic carbocycles. The third-order valence-corrected chi connectivity index (χ3v) is 6.57. The van der Waals surface area contributed by atoms with Crippen molar-refractivity contribution in [1.82, 2.24) is 9.38 Å². The lowest BCUT2D eigenvalue weighted by Gasteiger charge is -2.33. The molecule has 0 bridgehead atoms. The van der Waals surface area contributed by atoms with Crippen LogP contribution in [0.25, 0.3) is 5.52 Å². The molecular weight excluding hydrogens is 358 g/mol. The number of halogens is 2. The SMILES string of the molecule is O[C@@H](c1c(C2CC2)ccc2cncn12)[C@H]1CC[C@H](c2ccc(F)cc2F)CC1. The molecule has 3 nitrogen and oxygen atoms in total. The van der Waals surface area contributed by atoms with Crippen LogP contribution in [0.15, 0.2) is 42.9 Å². The molecule has 0 radical (unpaired) electrons. The average Bonchev–Trinajstić information content (AvgIpc) is 3.43. The van der Waals surface area contributed by atoms with Crippen molar-refractivity contribution in [2.24, 2.45) is 5.92 Å². The Balaban J connectivity index is 1.38. The molecular formula is C23H24F2N2O. The zero-order valence-electron chi connectivity index (χ0n) is 15.7. The van der Waals surface area contributed by atoms with Crippen LogP contribution in [0.4, 0.5) is 8.78 Å². The Morgan fingerprint density at radius 2 is 1.61 bits per heavy atom. The van der Waals surface area contributed by atoms with Crippen LogP contribution in [-0.2, 0) is 0 Å². The summed E-state index contributed by atoms with van der Waals surface area (Å²) in [4.78, 5) is 4.26. The van der Waals surface area contributed by atoms with Gasteiger partial charge in [0.25, 0.3) is 0 Å². The predicted octanol–water partition coefficient (Wildman–Crippen LogP) is 5.50. The van der Waals surface area contributed by atoms with E-state index in [0.29, 0.717) is 11.5 Å². The molecule has 5 heteroatoms. The summed E-state index contributed by atoms with van der Waals surface area (Å²) in [6.45, 7) is 0. The van der Waals surface area contributed by atoms with Crippen LogP contribution in [0.3, 0.4) is 0 Å². The number of nitrogens with zero attached hydrogens (tertiary/aromatic N) is 2. The summed E-state index contributed by atoms with van der Waals surface area (Å²) >= 11 is 0. The molecule has 5 rings (SSSR count). The third kappa shape index (κ3) is 3.12. The minimum absolute atomic E-state index is 0.0935. The summed E-state index contributed by atoms with van der Waals surface area (Å²) in [7, 11) is 0. The van der Waals surface area contributed by atoms with Gasteiger partial charge in [-0.05, 0) is 79.5 Å². The molecule has 146 valence electrons. The Kier molecular flexibility index (Phi) is 4.43. The highest BCUT2D eigenvalue weighted by Crippen LogP contribution is 2.47. The fourth-order valence-electron chi connectivity index (χ4n) is 4.88. The Morgan fingerprint density at radius 3 is 2.32 bits per heavy atom. The Labute approximate surface area is 163 Å². The van der Waals surface area contributed by atoms with E-state index in [0.717, 1.165) is 43.0 Å². The van der Waals surface area contributed by atoms with Gasteiger partial charge in [0.15, 0.2) is 0 Å². The Morgan fingerprint density at radius 1 is 0.929 bits per heavy atom. The van der Waals surface area contributed by atoms with Gasteiger partial charge in [-0.15, -0.1) is 0 Å². The minimum Gasteiger partial charge on any atom is -0.387 e. The lowest BCUT2D eigenvalue weighted by molar-refractivity contribution is 0.0752. The molecule has 1 N–H and O–H groups in total. The van der Waals surface area contributed by atoms with Crippen molar-refractivity contribution in [2.45, 2.75) is 56.5 Å². The number of fused-ring (bicyclic) bond motifs is 1. The minimum atomic E-state index is -0.549. The van der Waals surface area contributed by atoms with Gasteiger partial charge in [0.2, 0.25) is 0 Å². The molecule has 3 aromatic rings. The molecule has 0 aliphatic heterocycles. The van der Waals surface area contributed by atoms with E-state index < -0.39 is 17.7 Å². The molecule has 2 heterocycles. The molecule has 28 heavy (non-hydrogen) atoms. The van der Waals surface area contributed by atoms with E-state index in [2.05, 4.69) is 17.1 Å². The maximum atomic E-state index is 14.1. The first-order chi connectivity index (χ1) is 13.6.